The first kappa shape index (κ1) is 19.4. The molecule has 1 heterocycles. The maximum absolute atomic E-state index is 13.1. The van der Waals surface area contributed by atoms with E-state index in [9.17, 15) is 9.18 Å². The highest BCUT2D eigenvalue weighted by atomic mass is 32.2. The van der Waals surface area contributed by atoms with Gasteiger partial charge in [-0.1, -0.05) is 42.8 Å². The van der Waals surface area contributed by atoms with Crippen LogP contribution in [-0.4, -0.2) is 17.7 Å². The average Bonchev–Trinajstić information content (AvgIpc) is 2.64. The van der Waals surface area contributed by atoms with E-state index in [1.54, 1.807) is 12.1 Å². The molecule has 4 nitrogen and oxygen atoms in total. The van der Waals surface area contributed by atoms with Crippen molar-refractivity contribution in [1.82, 2.24) is 0 Å². The van der Waals surface area contributed by atoms with Gasteiger partial charge in [-0.2, -0.15) is 0 Å². The Hall–Kier alpha value is -2.34. The van der Waals surface area contributed by atoms with Crippen LogP contribution in [0.2, 0.25) is 0 Å². The van der Waals surface area contributed by atoms with Crippen LogP contribution in [0.25, 0.3) is 0 Å². The first-order valence-corrected chi connectivity index (χ1v) is 9.97. The Morgan fingerprint density at radius 1 is 1.26 bits per heavy atom. The van der Waals surface area contributed by atoms with Crippen LogP contribution < -0.4 is 5.32 Å². The fourth-order valence-electron chi connectivity index (χ4n) is 2.77. The van der Waals surface area contributed by atoms with E-state index in [2.05, 4.69) is 23.3 Å². The molecule has 1 N–H and O–H groups in total. The molecule has 1 aliphatic heterocycles. The molecule has 0 saturated carbocycles. The lowest BCUT2D eigenvalue weighted by atomic mass is 10.0. The summed E-state index contributed by atoms with van der Waals surface area (Å²) in [5.74, 6) is -0.483. The zero-order chi connectivity index (χ0) is 19.2. The summed E-state index contributed by atoms with van der Waals surface area (Å²) in [6.07, 6.45) is 2.15. The first-order chi connectivity index (χ1) is 13.0. The van der Waals surface area contributed by atoms with Gasteiger partial charge in [-0.3, -0.25) is 4.79 Å². The number of halogens is 1. The molecule has 3 rings (SSSR count). The predicted octanol–water partition coefficient (Wildman–Crippen LogP) is 5.76. The van der Waals surface area contributed by atoms with E-state index in [1.165, 1.54) is 23.9 Å². The van der Waals surface area contributed by atoms with Crippen molar-refractivity contribution in [3.05, 3.63) is 59.4 Å². The third-order valence-electron chi connectivity index (χ3n) is 4.21. The lowest BCUT2D eigenvalue weighted by Crippen LogP contribution is -2.17. The standard InChI is InChI=1S/C21H23FN2O2S/c1-3-4-11-26-20(25)13-19-17-12-14(2)5-10-18(17)24-21(27-19)23-16-8-6-15(22)7-9-16/h5-10,12,19H,3-4,11,13H2,1-2H3,(H,23,24). The van der Waals surface area contributed by atoms with Crippen LogP contribution in [0.1, 0.15) is 42.6 Å². The van der Waals surface area contributed by atoms with Gasteiger partial charge >= 0.3 is 5.97 Å². The molecule has 1 aliphatic rings. The number of hydrogen-bond donors (Lipinski definition) is 1. The normalized spacial score (nSPS) is 15.7. The van der Waals surface area contributed by atoms with Crippen molar-refractivity contribution in [3.8, 4) is 0 Å². The van der Waals surface area contributed by atoms with Crippen molar-refractivity contribution in [2.24, 2.45) is 4.99 Å². The number of carbonyl (C=O) groups is 1. The lowest BCUT2D eigenvalue weighted by Gasteiger charge is -2.24. The SMILES string of the molecule is CCCCOC(=O)CC1SC(Nc2ccc(F)cc2)=Nc2ccc(C)cc21. The largest absolute Gasteiger partial charge is 0.466 e. The molecule has 0 fully saturated rings. The van der Waals surface area contributed by atoms with Gasteiger partial charge in [-0.15, -0.1) is 0 Å². The summed E-state index contributed by atoms with van der Waals surface area (Å²) in [5.41, 5.74) is 3.76. The minimum Gasteiger partial charge on any atom is -0.466 e. The summed E-state index contributed by atoms with van der Waals surface area (Å²) < 4.78 is 18.5. The number of esters is 1. The number of thioether (sulfide) groups is 1. The van der Waals surface area contributed by atoms with Gasteiger partial charge in [0.25, 0.3) is 0 Å². The minimum absolute atomic E-state index is 0.0746. The zero-order valence-corrected chi connectivity index (χ0v) is 16.3. The van der Waals surface area contributed by atoms with E-state index in [4.69, 9.17) is 4.74 Å². The number of hydrogen-bond acceptors (Lipinski definition) is 5. The highest BCUT2D eigenvalue weighted by molar-refractivity contribution is 8.14. The second kappa shape index (κ2) is 9.04. The number of fused-ring (bicyclic) bond motifs is 1. The number of amidine groups is 1. The van der Waals surface area contributed by atoms with Gasteiger partial charge in [0.1, 0.15) is 5.82 Å². The van der Waals surface area contributed by atoms with E-state index in [0.717, 1.165) is 35.3 Å². The molecule has 6 heteroatoms. The number of anilines is 1. The van der Waals surface area contributed by atoms with Crippen molar-refractivity contribution in [1.29, 1.82) is 0 Å². The maximum atomic E-state index is 13.1. The molecule has 1 unspecified atom stereocenters. The van der Waals surface area contributed by atoms with Crippen LogP contribution in [0.5, 0.6) is 0 Å². The molecule has 2 aromatic rings. The molecule has 0 radical (unpaired) electrons. The zero-order valence-electron chi connectivity index (χ0n) is 15.5. The number of rotatable bonds is 6. The molecule has 0 bridgehead atoms. The fourth-order valence-corrected chi connectivity index (χ4v) is 3.91. The van der Waals surface area contributed by atoms with Crippen LogP contribution in [0, 0.1) is 12.7 Å². The number of ether oxygens (including phenoxy) is 1. The van der Waals surface area contributed by atoms with Crippen molar-refractivity contribution in [2.45, 2.75) is 38.4 Å². The Morgan fingerprint density at radius 2 is 2.04 bits per heavy atom. The van der Waals surface area contributed by atoms with Crippen molar-refractivity contribution < 1.29 is 13.9 Å². The summed E-state index contributed by atoms with van der Waals surface area (Å²) in [6.45, 7) is 4.55. The number of carbonyl (C=O) groups excluding carboxylic acids is 1. The highest BCUT2D eigenvalue weighted by Gasteiger charge is 2.26. The molecule has 0 aromatic heterocycles. The number of nitrogens with zero attached hydrogens (tertiary/aromatic N) is 1. The summed E-state index contributed by atoms with van der Waals surface area (Å²) in [5, 5.41) is 3.82. The fraction of sp³-hybridized carbons (Fsp3) is 0.333. The molecular weight excluding hydrogens is 363 g/mol. The Kier molecular flexibility index (Phi) is 6.50. The van der Waals surface area contributed by atoms with E-state index in [0.29, 0.717) is 11.8 Å². The Bertz CT molecular complexity index is 837. The van der Waals surface area contributed by atoms with Crippen LogP contribution in [0.4, 0.5) is 15.8 Å². The lowest BCUT2D eigenvalue weighted by molar-refractivity contribution is -0.143. The van der Waals surface area contributed by atoms with Crippen molar-refractivity contribution in [2.75, 3.05) is 11.9 Å². The summed E-state index contributed by atoms with van der Waals surface area (Å²) in [6, 6.07) is 12.2. The Balaban J connectivity index is 1.78. The van der Waals surface area contributed by atoms with Gasteiger partial charge in [0, 0.05) is 10.9 Å². The highest BCUT2D eigenvalue weighted by Crippen LogP contribution is 2.43. The molecule has 27 heavy (non-hydrogen) atoms. The molecule has 0 aliphatic carbocycles. The van der Waals surface area contributed by atoms with E-state index >= 15 is 0 Å². The molecular formula is C21H23FN2O2S. The third-order valence-corrected chi connectivity index (χ3v) is 5.34. The van der Waals surface area contributed by atoms with E-state index in [1.807, 2.05) is 19.1 Å². The van der Waals surface area contributed by atoms with Crippen LogP contribution in [0.15, 0.2) is 47.5 Å². The summed E-state index contributed by atoms with van der Waals surface area (Å²) >= 11 is 1.49. The Morgan fingerprint density at radius 3 is 2.78 bits per heavy atom. The van der Waals surface area contributed by atoms with Gasteiger partial charge in [0.2, 0.25) is 0 Å². The van der Waals surface area contributed by atoms with Gasteiger partial charge in [-0.25, -0.2) is 9.38 Å². The minimum atomic E-state index is -0.285. The van der Waals surface area contributed by atoms with Crippen LogP contribution in [-0.2, 0) is 9.53 Å². The van der Waals surface area contributed by atoms with Crippen molar-refractivity contribution in [3.63, 3.8) is 0 Å². The molecule has 1 atom stereocenters. The maximum Gasteiger partial charge on any atom is 0.307 e. The summed E-state index contributed by atoms with van der Waals surface area (Å²) in [7, 11) is 0. The monoisotopic (exact) mass is 386 g/mol. The number of aryl methyl sites for hydroxylation is 1. The number of benzene rings is 2. The molecule has 0 saturated heterocycles. The van der Waals surface area contributed by atoms with Gasteiger partial charge in [0.05, 0.1) is 18.7 Å². The second-order valence-corrected chi connectivity index (χ2v) is 7.69. The number of nitrogens with one attached hydrogen (secondary N) is 1. The number of aliphatic imine (C=N–C) groups is 1. The van der Waals surface area contributed by atoms with Gasteiger partial charge in [-0.05, 0) is 49.2 Å². The topological polar surface area (TPSA) is 50.7 Å². The third kappa shape index (κ3) is 5.32. The molecule has 142 valence electrons. The molecule has 0 spiro atoms. The predicted molar refractivity (Wildman–Crippen MR) is 109 cm³/mol. The first-order valence-electron chi connectivity index (χ1n) is 9.09. The summed E-state index contributed by atoms with van der Waals surface area (Å²) in [4.78, 5) is 16.9. The van der Waals surface area contributed by atoms with Crippen LogP contribution in [0.3, 0.4) is 0 Å². The number of unbranched alkanes of at least 4 members (excludes halogenated alkanes) is 1. The van der Waals surface area contributed by atoms with Gasteiger partial charge < -0.3 is 10.1 Å². The Labute approximate surface area is 163 Å². The molecule has 2 aromatic carbocycles. The quantitative estimate of drug-likeness (QED) is 0.507. The average molecular weight is 386 g/mol. The smallest absolute Gasteiger partial charge is 0.307 e. The van der Waals surface area contributed by atoms with E-state index < -0.39 is 0 Å². The second-order valence-electron chi connectivity index (χ2n) is 6.50. The van der Waals surface area contributed by atoms with Gasteiger partial charge in [0.15, 0.2) is 5.17 Å². The molecule has 0 amide bonds. The van der Waals surface area contributed by atoms with Crippen molar-refractivity contribution >= 4 is 34.3 Å². The van der Waals surface area contributed by atoms with E-state index in [-0.39, 0.29) is 23.5 Å². The van der Waals surface area contributed by atoms with Crippen LogP contribution >= 0.6 is 11.8 Å².